The van der Waals surface area contributed by atoms with Crippen molar-refractivity contribution in [3.8, 4) is 16.8 Å². The van der Waals surface area contributed by atoms with Gasteiger partial charge in [0.15, 0.2) is 11.6 Å². The smallest absolute Gasteiger partial charge is 0.171 e. The molecule has 0 saturated heterocycles. The average Bonchev–Trinajstić information content (AvgIpc) is 3.14. The summed E-state index contributed by atoms with van der Waals surface area (Å²) in [5.41, 5.74) is 1.07. The molecule has 3 aromatic heterocycles. The quantitative estimate of drug-likeness (QED) is 0.712. The van der Waals surface area contributed by atoms with Crippen LogP contribution in [0.1, 0.15) is 29.3 Å². The van der Waals surface area contributed by atoms with Crippen molar-refractivity contribution in [2.45, 2.75) is 25.2 Å². The van der Waals surface area contributed by atoms with Crippen LogP contribution in [0.15, 0.2) is 24.4 Å². The van der Waals surface area contributed by atoms with Gasteiger partial charge in [0, 0.05) is 16.9 Å². The molecule has 0 bridgehead atoms. The molecule has 0 radical (unpaired) electrons. The van der Waals surface area contributed by atoms with Crippen LogP contribution in [0.3, 0.4) is 0 Å². The van der Waals surface area contributed by atoms with Crippen LogP contribution in [-0.4, -0.2) is 20.2 Å². The van der Waals surface area contributed by atoms with E-state index in [2.05, 4.69) is 31.6 Å². The van der Waals surface area contributed by atoms with Crippen LogP contribution >= 0.6 is 22.9 Å². The summed E-state index contributed by atoms with van der Waals surface area (Å²) in [6.07, 6.45) is 4.37. The van der Waals surface area contributed by atoms with E-state index in [0.717, 1.165) is 21.3 Å². The van der Waals surface area contributed by atoms with Gasteiger partial charge in [-0.15, -0.1) is 11.3 Å². The first kappa shape index (κ1) is 15.1. The van der Waals surface area contributed by atoms with Crippen molar-refractivity contribution in [2.24, 2.45) is 0 Å². The maximum absolute atomic E-state index is 8.78. The Balaban J connectivity index is 1.59. The lowest BCUT2D eigenvalue weighted by Gasteiger charge is -2.06. The number of anilines is 2. The molecule has 120 valence electrons. The Bertz CT molecular complexity index is 921. The summed E-state index contributed by atoms with van der Waals surface area (Å²) in [6, 6.07) is 7.98. The molecular formula is C16H13ClN6S. The molecule has 0 amide bonds. The number of aromatic nitrogens is 4. The van der Waals surface area contributed by atoms with E-state index in [4.69, 9.17) is 16.9 Å². The highest BCUT2D eigenvalue weighted by molar-refractivity contribution is 7.15. The molecular weight excluding hydrogens is 344 g/mol. The van der Waals surface area contributed by atoms with E-state index < -0.39 is 0 Å². The zero-order valence-corrected chi connectivity index (χ0v) is 14.2. The van der Waals surface area contributed by atoms with Crippen molar-refractivity contribution in [1.82, 2.24) is 20.2 Å². The number of hydrogen-bond acceptors (Lipinski definition) is 6. The van der Waals surface area contributed by atoms with Crippen LogP contribution in [0.5, 0.6) is 0 Å². The van der Waals surface area contributed by atoms with Gasteiger partial charge in [0.1, 0.15) is 10.8 Å². The zero-order valence-electron chi connectivity index (χ0n) is 12.6. The van der Waals surface area contributed by atoms with Gasteiger partial charge >= 0.3 is 0 Å². The normalized spacial score (nSPS) is 13.7. The molecule has 3 heterocycles. The minimum Gasteiger partial charge on any atom is -0.324 e. The summed E-state index contributed by atoms with van der Waals surface area (Å²) < 4.78 is 0. The van der Waals surface area contributed by atoms with Crippen molar-refractivity contribution in [2.75, 3.05) is 5.32 Å². The topological polar surface area (TPSA) is 90.3 Å². The molecule has 1 fully saturated rings. The van der Waals surface area contributed by atoms with Crippen LogP contribution in [0.2, 0.25) is 5.02 Å². The molecule has 1 aliphatic rings. The summed E-state index contributed by atoms with van der Waals surface area (Å²) in [4.78, 5) is 10.7. The molecule has 0 spiro atoms. The fourth-order valence-corrected chi connectivity index (χ4v) is 3.38. The molecule has 4 rings (SSSR count). The zero-order chi connectivity index (χ0) is 16.5. The number of thiophene rings is 1. The molecule has 0 unspecified atom stereocenters. The number of H-pyrrole nitrogens is 1. The van der Waals surface area contributed by atoms with E-state index in [1.54, 1.807) is 6.20 Å². The third kappa shape index (κ3) is 3.11. The van der Waals surface area contributed by atoms with Gasteiger partial charge in [-0.05, 0) is 25.0 Å². The van der Waals surface area contributed by atoms with E-state index in [1.165, 1.54) is 24.2 Å². The van der Waals surface area contributed by atoms with Crippen molar-refractivity contribution < 1.29 is 0 Å². The van der Waals surface area contributed by atoms with Gasteiger partial charge in [0.05, 0.1) is 29.3 Å². The van der Waals surface area contributed by atoms with Gasteiger partial charge < -0.3 is 5.32 Å². The first-order valence-electron chi connectivity index (χ1n) is 7.54. The predicted octanol–water partition coefficient (Wildman–Crippen LogP) is 4.27. The standard InChI is InChI=1S/C16H13ClN6S/c17-11-8-19-16(13-4-3-10(24-13)5-6-18)21-15(11)20-14-7-12(22-23-14)9-1-2-9/h3-4,7-9H,1-2,5H2,(H2,19,20,21,22,23). The fourth-order valence-electron chi connectivity index (χ4n) is 2.36. The molecule has 2 N–H and O–H groups in total. The third-order valence-corrected chi connectivity index (χ3v) is 5.08. The highest BCUT2D eigenvalue weighted by atomic mass is 35.5. The number of aromatic amines is 1. The van der Waals surface area contributed by atoms with E-state index >= 15 is 0 Å². The number of hydrogen-bond donors (Lipinski definition) is 2. The largest absolute Gasteiger partial charge is 0.324 e. The second-order valence-corrected chi connectivity index (χ2v) is 7.17. The molecule has 1 aliphatic carbocycles. The Labute approximate surface area is 147 Å². The minimum atomic E-state index is 0.390. The molecule has 1 saturated carbocycles. The number of nitrogens with one attached hydrogen (secondary N) is 2. The summed E-state index contributed by atoms with van der Waals surface area (Å²) in [5, 5.41) is 19.7. The molecule has 0 atom stereocenters. The lowest BCUT2D eigenvalue weighted by Crippen LogP contribution is -1.98. The number of rotatable bonds is 5. The number of nitriles is 1. The van der Waals surface area contributed by atoms with E-state index in [0.29, 0.717) is 29.0 Å². The lowest BCUT2D eigenvalue weighted by molar-refractivity contribution is 0.966. The number of nitrogens with zero attached hydrogens (tertiary/aromatic N) is 4. The van der Waals surface area contributed by atoms with Crippen LogP contribution in [-0.2, 0) is 6.42 Å². The Morgan fingerprint density at radius 2 is 2.29 bits per heavy atom. The minimum absolute atomic E-state index is 0.390. The van der Waals surface area contributed by atoms with Gasteiger partial charge in [0.2, 0.25) is 0 Å². The van der Waals surface area contributed by atoms with E-state index in [-0.39, 0.29) is 0 Å². The fraction of sp³-hybridized carbons (Fsp3) is 0.250. The Morgan fingerprint density at radius 1 is 1.42 bits per heavy atom. The Hall–Kier alpha value is -2.43. The first-order valence-corrected chi connectivity index (χ1v) is 8.73. The lowest BCUT2D eigenvalue weighted by atomic mass is 10.3. The van der Waals surface area contributed by atoms with Crippen molar-refractivity contribution in [3.05, 3.63) is 40.0 Å². The van der Waals surface area contributed by atoms with Crippen molar-refractivity contribution in [1.29, 1.82) is 5.26 Å². The van der Waals surface area contributed by atoms with Crippen LogP contribution < -0.4 is 5.32 Å². The average molecular weight is 357 g/mol. The summed E-state index contributed by atoms with van der Waals surface area (Å²) in [6.45, 7) is 0. The highest BCUT2D eigenvalue weighted by Crippen LogP contribution is 2.40. The third-order valence-electron chi connectivity index (χ3n) is 3.73. The highest BCUT2D eigenvalue weighted by Gasteiger charge is 2.26. The first-order chi connectivity index (χ1) is 11.7. The van der Waals surface area contributed by atoms with Crippen molar-refractivity contribution in [3.63, 3.8) is 0 Å². The van der Waals surface area contributed by atoms with Crippen molar-refractivity contribution >= 4 is 34.6 Å². The van der Waals surface area contributed by atoms with Gasteiger partial charge in [-0.1, -0.05) is 11.6 Å². The van der Waals surface area contributed by atoms with E-state index in [9.17, 15) is 0 Å². The number of halogens is 1. The molecule has 3 aromatic rings. The summed E-state index contributed by atoms with van der Waals surface area (Å²) in [5.74, 6) is 2.46. The van der Waals surface area contributed by atoms with Gasteiger partial charge in [0.25, 0.3) is 0 Å². The second-order valence-electron chi connectivity index (χ2n) is 5.60. The Morgan fingerprint density at radius 3 is 3.08 bits per heavy atom. The van der Waals surface area contributed by atoms with Crippen LogP contribution in [0.4, 0.5) is 11.6 Å². The van der Waals surface area contributed by atoms with Gasteiger partial charge in [-0.2, -0.15) is 10.4 Å². The molecule has 6 nitrogen and oxygen atoms in total. The second kappa shape index (κ2) is 6.23. The van der Waals surface area contributed by atoms with Crippen LogP contribution in [0.25, 0.3) is 10.7 Å². The predicted molar refractivity (Wildman–Crippen MR) is 93.5 cm³/mol. The van der Waals surface area contributed by atoms with E-state index in [1.807, 2.05) is 18.2 Å². The Kier molecular flexibility index (Phi) is 3.92. The molecule has 24 heavy (non-hydrogen) atoms. The van der Waals surface area contributed by atoms with Crippen LogP contribution in [0, 0.1) is 11.3 Å². The monoisotopic (exact) mass is 356 g/mol. The maximum Gasteiger partial charge on any atom is 0.171 e. The summed E-state index contributed by atoms with van der Waals surface area (Å²) >= 11 is 7.72. The van der Waals surface area contributed by atoms with Gasteiger partial charge in [-0.25, -0.2) is 9.97 Å². The summed E-state index contributed by atoms with van der Waals surface area (Å²) in [7, 11) is 0. The molecule has 8 heteroatoms. The molecule has 0 aliphatic heterocycles. The maximum atomic E-state index is 8.78. The van der Waals surface area contributed by atoms with Gasteiger partial charge in [-0.3, -0.25) is 5.10 Å². The molecule has 0 aromatic carbocycles. The SMILES string of the molecule is N#CCc1ccc(-c2ncc(Cl)c(Nc3cc(C4CC4)n[nH]3)n2)s1.